The van der Waals surface area contributed by atoms with Crippen LogP contribution in [0.3, 0.4) is 0 Å². The van der Waals surface area contributed by atoms with E-state index in [9.17, 15) is 18.5 Å². The average molecular weight is 390 g/mol. The van der Waals surface area contributed by atoms with Crippen molar-refractivity contribution < 1.29 is 18.1 Å². The summed E-state index contributed by atoms with van der Waals surface area (Å²) in [6.07, 6.45) is 2.59. The van der Waals surface area contributed by atoms with Crippen molar-refractivity contribution in [1.82, 2.24) is 4.31 Å². The molecule has 7 nitrogen and oxygen atoms in total. The number of hydrogen-bond donors (Lipinski definition) is 0. The molecule has 1 saturated heterocycles. The third-order valence-electron chi connectivity index (χ3n) is 4.89. The van der Waals surface area contributed by atoms with E-state index < -0.39 is 14.9 Å². The highest BCUT2D eigenvalue weighted by molar-refractivity contribution is 7.89. The fourth-order valence-electron chi connectivity index (χ4n) is 3.38. The summed E-state index contributed by atoms with van der Waals surface area (Å²) in [7, 11) is -2.19. The number of nitro benzene ring substituents is 1. The standard InChI is InChI=1S/C19H22N2O5S/c1-26-18-10-8-15(9-11-18)16-5-2-3-12-20(14-16)27(24,25)19-7-4-6-17(13-19)21(22)23/h4,6-11,13,16H,2-3,5,12,14H2,1H3. The molecular weight excluding hydrogens is 368 g/mol. The largest absolute Gasteiger partial charge is 0.497 e. The first-order valence-corrected chi connectivity index (χ1v) is 10.2. The van der Waals surface area contributed by atoms with Crippen molar-refractivity contribution in [2.45, 2.75) is 30.1 Å². The number of benzene rings is 2. The molecule has 1 heterocycles. The van der Waals surface area contributed by atoms with E-state index in [0.29, 0.717) is 13.1 Å². The molecule has 1 fully saturated rings. The molecule has 27 heavy (non-hydrogen) atoms. The molecule has 8 heteroatoms. The van der Waals surface area contributed by atoms with E-state index in [0.717, 1.165) is 36.6 Å². The van der Waals surface area contributed by atoms with E-state index >= 15 is 0 Å². The normalized spacial score (nSPS) is 18.6. The monoisotopic (exact) mass is 390 g/mol. The van der Waals surface area contributed by atoms with Gasteiger partial charge in [-0.15, -0.1) is 0 Å². The fraction of sp³-hybridized carbons (Fsp3) is 0.368. The summed E-state index contributed by atoms with van der Waals surface area (Å²) < 4.78 is 32.8. The Bertz CT molecular complexity index is 912. The molecule has 1 unspecified atom stereocenters. The number of methoxy groups -OCH3 is 1. The van der Waals surface area contributed by atoms with E-state index in [1.807, 2.05) is 24.3 Å². The van der Waals surface area contributed by atoms with Gasteiger partial charge in [-0.25, -0.2) is 8.42 Å². The van der Waals surface area contributed by atoms with Crippen molar-refractivity contribution in [3.05, 3.63) is 64.2 Å². The van der Waals surface area contributed by atoms with E-state index in [4.69, 9.17) is 4.74 Å². The van der Waals surface area contributed by atoms with Gasteiger partial charge in [0.2, 0.25) is 10.0 Å². The van der Waals surface area contributed by atoms with Crippen LogP contribution in [0, 0.1) is 10.1 Å². The van der Waals surface area contributed by atoms with E-state index in [1.54, 1.807) is 7.11 Å². The summed E-state index contributed by atoms with van der Waals surface area (Å²) in [4.78, 5) is 10.4. The second-order valence-electron chi connectivity index (χ2n) is 6.58. The van der Waals surface area contributed by atoms with Gasteiger partial charge in [-0.3, -0.25) is 10.1 Å². The fourth-order valence-corrected chi connectivity index (χ4v) is 4.94. The minimum absolute atomic E-state index is 0.0351. The second kappa shape index (κ2) is 8.06. The van der Waals surface area contributed by atoms with Gasteiger partial charge in [0, 0.05) is 25.2 Å². The van der Waals surface area contributed by atoms with Crippen LogP contribution in [0.15, 0.2) is 53.4 Å². The molecule has 0 N–H and O–H groups in total. The maximum Gasteiger partial charge on any atom is 0.270 e. The van der Waals surface area contributed by atoms with E-state index in [-0.39, 0.29) is 16.5 Å². The molecule has 0 aromatic heterocycles. The zero-order chi connectivity index (χ0) is 19.4. The Morgan fingerprint density at radius 1 is 1.15 bits per heavy atom. The topological polar surface area (TPSA) is 89.8 Å². The van der Waals surface area contributed by atoms with E-state index in [1.165, 1.54) is 22.5 Å². The average Bonchev–Trinajstić information content (AvgIpc) is 2.95. The van der Waals surface area contributed by atoms with Crippen molar-refractivity contribution in [3.8, 4) is 5.75 Å². The molecule has 0 spiro atoms. The Hall–Kier alpha value is -2.45. The SMILES string of the molecule is COc1ccc(C2CCCCN(S(=O)(=O)c3cccc([N+](=O)[O-])c3)C2)cc1. The predicted octanol–water partition coefficient (Wildman–Crippen LogP) is 3.56. The summed E-state index contributed by atoms with van der Waals surface area (Å²) >= 11 is 0. The third kappa shape index (κ3) is 4.28. The zero-order valence-corrected chi connectivity index (χ0v) is 15.9. The Kier molecular flexibility index (Phi) is 5.76. The smallest absolute Gasteiger partial charge is 0.270 e. The number of non-ortho nitro benzene ring substituents is 1. The van der Waals surface area contributed by atoms with Crippen LogP contribution in [-0.2, 0) is 10.0 Å². The molecule has 0 radical (unpaired) electrons. The molecular formula is C19H22N2O5S. The van der Waals surface area contributed by atoms with Crippen LogP contribution in [0.25, 0.3) is 0 Å². The lowest BCUT2D eigenvalue weighted by atomic mass is 9.94. The first-order chi connectivity index (χ1) is 12.9. The van der Waals surface area contributed by atoms with Gasteiger partial charge in [-0.2, -0.15) is 4.31 Å². The lowest BCUT2D eigenvalue weighted by Gasteiger charge is -2.24. The minimum Gasteiger partial charge on any atom is -0.497 e. The predicted molar refractivity (Wildman–Crippen MR) is 101 cm³/mol. The van der Waals surface area contributed by atoms with Gasteiger partial charge >= 0.3 is 0 Å². The van der Waals surface area contributed by atoms with Crippen molar-refractivity contribution >= 4 is 15.7 Å². The first kappa shape index (κ1) is 19.3. The number of hydrogen-bond acceptors (Lipinski definition) is 5. The molecule has 1 atom stereocenters. The lowest BCUT2D eigenvalue weighted by molar-refractivity contribution is -0.385. The molecule has 0 amide bonds. The number of rotatable bonds is 5. The van der Waals surface area contributed by atoms with Crippen molar-refractivity contribution in [2.75, 3.05) is 20.2 Å². The van der Waals surface area contributed by atoms with Gasteiger partial charge < -0.3 is 4.74 Å². The van der Waals surface area contributed by atoms with Gasteiger partial charge in [0.25, 0.3) is 5.69 Å². The van der Waals surface area contributed by atoms with Gasteiger partial charge in [0.15, 0.2) is 0 Å². The molecule has 0 bridgehead atoms. The Morgan fingerprint density at radius 2 is 1.89 bits per heavy atom. The van der Waals surface area contributed by atoms with Crippen LogP contribution < -0.4 is 4.74 Å². The number of nitro groups is 1. The van der Waals surface area contributed by atoms with Gasteiger partial charge in [-0.1, -0.05) is 24.6 Å². The van der Waals surface area contributed by atoms with Crippen LogP contribution in [0.2, 0.25) is 0 Å². The highest BCUT2D eigenvalue weighted by atomic mass is 32.2. The van der Waals surface area contributed by atoms with Crippen LogP contribution in [0.1, 0.15) is 30.7 Å². The molecule has 1 aliphatic rings. The van der Waals surface area contributed by atoms with Crippen LogP contribution >= 0.6 is 0 Å². The van der Waals surface area contributed by atoms with Gasteiger partial charge in [0.1, 0.15) is 5.75 Å². The van der Waals surface area contributed by atoms with E-state index in [2.05, 4.69) is 0 Å². The summed E-state index contributed by atoms with van der Waals surface area (Å²) in [5.41, 5.74) is 0.842. The quantitative estimate of drug-likeness (QED) is 0.575. The summed E-state index contributed by atoms with van der Waals surface area (Å²) in [6.45, 7) is 0.773. The Balaban J connectivity index is 1.87. The first-order valence-electron chi connectivity index (χ1n) is 8.80. The summed E-state index contributed by atoms with van der Waals surface area (Å²) in [6, 6.07) is 12.9. The van der Waals surface area contributed by atoms with Crippen molar-refractivity contribution in [3.63, 3.8) is 0 Å². The minimum atomic E-state index is -3.79. The highest BCUT2D eigenvalue weighted by Gasteiger charge is 2.30. The second-order valence-corrected chi connectivity index (χ2v) is 8.52. The number of ether oxygens (including phenoxy) is 1. The summed E-state index contributed by atoms with van der Waals surface area (Å²) in [5.74, 6) is 0.834. The molecule has 3 rings (SSSR count). The molecule has 1 aliphatic heterocycles. The molecule has 0 saturated carbocycles. The van der Waals surface area contributed by atoms with Crippen LogP contribution in [-0.4, -0.2) is 37.8 Å². The maximum absolute atomic E-state index is 13.1. The maximum atomic E-state index is 13.1. The van der Waals surface area contributed by atoms with Crippen LogP contribution in [0.5, 0.6) is 5.75 Å². The van der Waals surface area contributed by atoms with Crippen molar-refractivity contribution in [1.29, 1.82) is 0 Å². The third-order valence-corrected chi connectivity index (χ3v) is 6.75. The molecule has 2 aromatic carbocycles. The molecule has 0 aliphatic carbocycles. The van der Waals surface area contributed by atoms with Crippen molar-refractivity contribution in [2.24, 2.45) is 0 Å². The summed E-state index contributed by atoms with van der Waals surface area (Å²) in [5, 5.41) is 11.0. The highest BCUT2D eigenvalue weighted by Crippen LogP contribution is 2.31. The zero-order valence-electron chi connectivity index (χ0n) is 15.1. The van der Waals surface area contributed by atoms with Crippen LogP contribution in [0.4, 0.5) is 5.69 Å². The Morgan fingerprint density at radius 3 is 2.56 bits per heavy atom. The number of nitrogens with zero attached hydrogens (tertiary/aromatic N) is 2. The Labute approximate surface area is 158 Å². The molecule has 144 valence electrons. The lowest BCUT2D eigenvalue weighted by Crippen LogP contribution is -2.34. The number of sulfonamides is 1. The molecule has 2 aromatic rings. The van der Waals surface area contributed by atoms with Gasteiger partial charge in [0.05, 0.1) is 16.9 Å². The van der Waals surface area contributed by atoms with Gasteiger partial charge in [-0.05, 0) is 42.5 Å².